The van der Waals surface area contributed by atoms with Crippen molar-refractivity contribution >= 4 is 11.5 Å². The van der Waals surface area contributed by atoms with E-state index in [1.807, 2.05) is 12.1 Å². The number of esters is 1. The van der Waals surface area contributed by atoms with E-state index < -0.39 is 5.97 Å². The van der Waals surface area contributed by atoms with Crippen LogP contribution in [0.25, 0.3) is 16.8 Å². The van der Waals surface area contributed by atoms with Gasteiger partial charge in [-0.1, -0.05) is 45.0 Å². The fraction of sp³-hybridized carbons (Fsp3) is 0.278. The molecule has 0 saturated carbocycles. The van der Waals surface area contributed by atoms with Gasteiger partial charge in [0.2, 0.25) is 0 Å². The van der Waals surface area contributed by atoms with E-state index in [9.17, 15) is 4.79 Å². The monoisotopic (exact) mass is 309 g/mol. The molecule has 1 aromatic carbocycles. The molecular formula is C18H19N3O2. The van der Waals surface area contributed by atoms with Gasteiger partial charge < -0.3 is 9.14 Å². The molecule has 23 heavy (non-hydrogen) atoms. The molecule has 0 bridgehead atoms. The van der Waals surface area contributed by atoms with Gasteiger partial charge >= 0.3 is 5.97 Å². The molecule has 0 aliphatic rings. The van der Waals surface area contributed by atoms with Gasteiger partial charge in [0, 0.05) is 11.8 Å². The summed E-state index contributed by atoms with van der Waals surface area (Å²) in [5, 5.41) is 0. The van der Waals surface area contributed by atoms with Gasteiger partial charge in [-0.05, 0) is 11.0 Å². The van der Waals surface area contributed by atoms with E-state index in [0.717, 1.165) is 11.1 Å². The third kappa shape index (κ3) is 2.82. The van der Waals surface area contributed by atoms with Gasteiger partial charge in [0.1, 0.15) is 0 Å². The first kappa shape index (κ1) is 15.2. The third-order valence-corrected chi connectivity index (χ3v) is 3.82. The Morgan fingerprint density at radius 2 is 1.87 bits per heavy atom. The molecule has 0 N–H and O–H groups in total. The summed E-state index contributed by atoms with van der Waals surface area (Å²) in [7, 11) is 1.35. The van der Waals surface area contributed by atoms with E-state index in [1.165, 1.54) is 12.7 Å². The summed E-state index contributed by atoms with van der Waals surface area (Å²) in [5.74, 6) is -0.465. The van der Waals surface area contributed by atoms with Crippen molar-refractivity contribution in [3.05, 3.63) is 54.2 Å². The number of hydrogen-bond donors (Lipinski definition) is 0. The predicted molar refractivity (Wildman–Crippen MR) is 88.5 cm³/mol. The summed E-state index contributed by atoms with van der Waals surface area (Å²) >= 11 is 0. The average Bonchev–Trinajstić information content (AvgIpc) is 3.01. The van der Waals surface area contributed by atoms with Crippen LogP contribution in [0.5, 0.6) is 0 Å². The number of benzene rings is 1. The molecule has 0 atom stereocenters. The van der Waals surface area contributed by atoms with E-state index >= 15 is 0 Å². The minimum atomic E-state index is -0.465. The topological polar surface area (TPSA) is 56.5 Å². The maximum atomic E-state index is 11.8. The van der Waals surface area contributed by atoms with Crippen LogP contribution in [0.15, 0.2) is 43.0 Å². The zero-order valence-corrected chi connectivity index (χ0v) is 13.7. The van der Waals surface area contributed by atoms with Crippen molar-refractivity contribution in [2.24, 2.45) is 0 Å². The Bertz CT molecular complexity index is 858. The lowest BCUT2D eigenvalue weighted by molar-refractivity contribution is 0.0593. The van der Waals surface area contributed by atoms with Gasteiger partial charge in [-0.2, -0.15) is 0 Å². The minimum absolute atomic E-state index is 0.0890. The highest BCUT2D eigenvalue weighted by atomic mass is 16.5. The van der Waals surface area contributed by atoms with Gasteiger partial charge in [0.15, 0.2) is 5.69 Å². The molecule has 118 valence electrons. The highest BCUT2D eigenvalue weighted by molar-refractivity contribution is 5.89. The van der Waals surface area contributed by atoms with Crippen LogP contribution < -0.4 is 0 Å². The first-order chi connectivity index (χ1) is 10.9. The Kier molecular flexibility index (Phi) is 3.64. The van der Waals surface area contributed by atoms with Crippen LogP contribution in [0.2, 0.25) is 0 Å². The van der Waals surface area contributed by atoms with Gasteiger partial charge in [-0.25, -0.2) is 14.8 Å². The van der Waals surface area contributed by atoms with E-state index in [-0.39, 0.29) is 11.1 Å². The molecule has 0 aliphatic heterocycles. The van der Waals surface area contributed by atoms with Crippen molar-refractivity contribution in [3.8, 4) is 11.3 Å². The lowest BCUT2D eigenvalue weighted by atomic mass is 9.86. The summed E-state index contributed by atoms with van der Waals surface area (Å²) in [6.07, 6.45) is 5.01. The van der Waals surface area contributed by atoms with Gasteiger partial charge in [0.05, 0.1) is 30.8 Å². The number of nitrogens with zero attached hydrogens (tertiary/aromatic N) is 3. The Morgan fingerprint density at radius 1 is 1.17 bits per heavy atom. The minimum Gasteiger partial charge on any atom is -0.464 e. The number of fused-ring (bicyclic) bond motifs is 1. The van der Waals surface area contributed by atoms with Crippen LogP contribution in [-0.2, 0) is 10.2 Å². The third-order valence-electron chi connectivity index (χ3n) is 3.82. The first-order valence-corrected chi connectivity index (χ1v) is 7.42. The number of methoxy groups -OCH3 is 1. The molecular weight excluding hydrogens is 290 g/mol. The van der Waals surface area contributed by atoms with Crippen LogP contribution in [0.1, 0.15) is 36.8 Å². The van der Waals surface area contributed by atoms with Crippen molar-refractivity contribution in [3.63, 3.8) is 0 Å². The zero-order valence-electron chi connectivity index (χ0n) is 13.7. The average molecular weight is 309 g/mol. The Labute approximate surface area is 135 Å². The van der Waals surface area contributed by atoms with E-state index in [4.69, 9.17) is 4.74 Å². The molecule has 0 radical (unpaired) electrons. The Balaban J connectivity index is 2.15. The SMILES string of the molecule is COC(=O)c1cn2cncc2c(-c2ccc(C(C)(C)C)cc2)n1. The quantitative estimate of drug-likeness (QED) is 0.680. The second-order valence-corrected chi connectivity index (χ2v) is 6.48. The molecule has 0 amide bonds. The molecule has 2 heterocycles. The molecule has 0 spiro atoms. The van der Waals surface area contributed by atoms with Crippen molar-refractivity contribution in [2.75, 3.05) is 7.11 Å². The fourth-order valence-corrected chi connectivity index (χ4v) is 2.47. The lowest BCUT2D eigenvalue weighted by Crippen LogP contribution is -2.10. The summed E-state index contributed by atoms with van der Waals surface area (Å²) < 4.78 is 6.57. The highest BCUT2D eigenvalue weighted by Gasteiger charge is 2.16. The molecule has 3 aromatic rings. The van der Waals surface area contributed by atoms with Gasteiger partial charge in [-0.15, -0.1) is 0 Å². The summed E-state index contributed by atoms with van der Waals surface area (Å²) in [5.41, 5.74) is 4.09. The lowest BCUT2D eigenvalue weighted by Gasteiger charge is -2.19. The molecule has 0 aliphatic carbocycles. The van der Waals surface area contributed by atoms with Crippen LogP contribution in [0.4, 0.5) is 0 Å². The van der Waals surface area contributed by atoms with E-state index in [2.05, 4.69) is 42.9 Å². The maximum Gasteiger partial charge on any atom is 0.358 e. The number of carbonyl (C=O) groups is 1. The number of imidazole rings is 1. The number of rotatable bonds is 2. The molecule has 5 nitrogen and oxygen atoms in total. The van der Waals surface area contributed by atoms with E-state index in [0.29, 0.717) is 5.69 Å². The number of hydrogen-bond acceptors (Lipinski definition) is 4. The van der Waals surface area contributed by atoms with Crippen molar-refractivity contribution in [1.29, 1.82) is 0 Å². The van der Waals surface area contributed by atoms with E-state index in [1.54, 1.807) is 23.1 Å². The van der Waals surface area contributed by atoms with Gasteiger partial charge in [0.25, 0.3) is 0 Å². The smallest absolute Gasteiger partial charge is 0.358 e. The summed E-state index contributed by atoms with van der Waals surface area (Å²) in [6, 6.07) is 8.23. The molecule has 0 unspecified atom stereocenters. The van der Waals surface area contributed by atoms with Crippen molar-refractivity contribution in [2.45, 2.75) is 26.2 Å². The first-order valence-electron chi connectivity index (χ1n) is 7.42. The predicted octanol–water partition coefficient (Wildman–Crippen LogP) is 3.48. The molecule has 3 rings (SSSR count). The number of ether oxygens (including phenoxy) is 1. The maximum absolute atomic E-state index is 11.8. The second kappa shape index (κ2) is 5.50. The van der Waals surface area contributed by atoms with Crippen molar-refractivity contribution < 1.29 is 9.53 Å². The molecule has 0 fully saturated rings. The largest absolute Gasteiger partial charge is 0.464 e. The number of carbonyl (C=O) groups excluding carboxylic acids is 1. The van der Waals surface area contributed by atoms with Crippen LogP contribution in [-0.4, -0.2) is 27.4 Å². The second-order valence-electron chi connectivity index (χ2n) is 6.48. The normalized spacial score (nSPS) is 11.7. The van der Waals surface area contributed by atoms with Crippen LogP contribution >= 0.6 is 0 Å². The molecule has 2 aromatic heterocycles. The van der Waals surface area contributed by atoms with Gasteiger partial charge in [-0.3, -0.25) is 0 Å². The zero-order chi connectivity index (χ0) is 16.6. The summed E-state index contributed by atoms with van der Waals surface area (Å²) in [4.78, 5) is 20.4. The number of aromatic nitrogens is 3. The Hall–Kier alpha value is -2.69. The molecule has 5 heteroatoms. The standard InChI is InChI=1S/C18H19N3O2/c1-18(2,3)13-7-5-12(6-8-13)16-15-9-19-11-21(15)10-14(20-16)17(22)23-4/h5-11H,1-4H3. The van der Waals surface area contributed by atoms with Crippen molar-refractivity contribution in [1.82, 2.24) is 14.4 Å². The molecule has 0 saturated heterocycles. The Morgan fingerprint density at radius 3 is 2.48 bits per heavy atom. The fourth-order valence-electron chi connectivity index (χ4n) is 2.47. The highest BCUT2D eigenvalue weighted by Crippen LogP contribution is 2.27. The van der Waals surface area contributed by atoms with Crippen LogP contribution in [0, 0.1) is 0 Å². The summed E-state index contributed by atoms with van der Waals surface area (Å²) in [6.45, 7) is 6.52. The van der Waals surface area contributed by atoms with Crippen LogP contribution in [0.3, 0.4) is 0 Å².